The molecule has 0 bridgehead atoms. The fourth-order valence-corrected chi connectivity index (χ4v) is 9.42. The van der Waals surface area contributed by atoms with Crippen molar-refractivity contribution < 1.29 is 0 Å². The standard InChI is InChI=1S/C52H33N3S/c1-3-15-34(16-4-1)35-17-11-18-36(31-35)37-19-12-21-39(32-37)49-48-45-26-7-9-29-46(45)55(41-23-5-2-6-24-41)52(48)54-51(53-49)40-22-13-20-38(33-40)42-27-14-28-44-43-25-8-10-30-47(43)56-50(42)44/h1-33H. The summed E-state index contributed by atoms with van der Waals surface area (Å²) in [5, 5.41) is 4.74. The molecule has 0 atom stereocenters. The number of benzene rings is 8. The van der Waals surface area contributed by atoms with E-state index in [1.165, 1.54) is 36.9 Å². The van der Waals surface area contributed by atoms with Crippen molar-refractivity contribution in [3.8, 4) is 61.7 Å². The Balaban J connectivity index is 1.14. The average molecular weight is 732 g/mol. The van der Waals surface area contributed by atoms with E-state index in [1.807, 2.05) is 11.3 Å². The highest BCUT2D eigenvalue weighted by Gasteiger charge is 2.21. The maximum absolute atomic E-state index is 5.51. The molecule has 8 aromatic carbocycles. The molecule has 3 nitrogen and oxygen atoms in total. The highest BCUT2D eigenvalue weighted by Crippen LogP contribution is 2.42. The van der Waals surface area contributed by atoms with Gasteiger partial charge >= 0.3 is 0 Å². The lowest BCUT2D eigenvalue weighted by molar-refractivity contribution is 1.11. The summed E-state index contributed by atoms with van der Waals surface area (Å²) in [6.45, 7) is 0. The van der Waals surface area contributed by atoms with Crippen LogP contribution in [0.15, 0.2) is 200 Å². The molecule has 0 spiro atoms. The molecular formula is C52H33N3S. The van der Waals surface area contributed by atoms with Crippen molar-refractivity contribution in [1.29, 1.82) is 0 Å². The summed E-state index contributed by atoms with van der Waals surface area (Å²) in [6, 6.07) is 71.4. The third-order valence-corrected chi connectivity index (χ3v) is 12.0. The van der Waals surface area contributed by atoms with Gasteiger partial charge in [-0.3, -0.25) is 4.57 Å². The molecule has 11 rings (SSSR count). The second-order valence-electron chi connectivity index (χ2n) is 14.2. The van der Waals surface area contributed by atoms with E-state index < -0.39 is 0 Å². The predicted molar refractivity (Wildman–Crippen MR) is 236 cm³/mol. The quantitative estimate of drug-likeness (QED) is 0.170. The number of hydrogen-bond acceptors (Lipinski definition) is 3. The Morgan fingerprint density at radius 2 is 0.946 bits per heavy atom. The maximum atomic E-state index is 5.51. The fourth-order valence-electron chi connectivity index (χ4n) is 8.18. The van der Waals surface area contributed by atoms with Crippen LogP contribution in [-0.2, 0) is 0 Å². The van der Waals surface area contributed by atoms with Crippen molar-refractivity contribution in [1.82, 2.24) is 14.5 Å². The number of hydrogen-bond donors (Lipinski definition) is 0. The van der Waals surface area contributed by atoms with Gasteiger partial charge in [0.15, 0.2) is 5.82 Å². The SMILES string of the molecule is c1ccc(-c2cccc(-c3cccc(-c4nc(-c5cccc(-c6cccc7c6sc6ccccc67)c5)nc5c4c4ccccc4n5-c4ccccc4)c3)c2)cc1. The average Bonchev–Trinajstić information content (AvgIpc) is 3.83. The predicted octanol–water partition coefficient (Wildman–Crippen LogP) is 14.3. The van der Waals surface area contributed by atoms with Crippen LogP contribution < -0.4 is 0 Å². The number of thiophene rings is 1. The van der Waals surface area contributed by atoms with Crippen molar-refractivity contribution in [2.75, 3.05) is 0 Å². The van der Waals surface area contributed by atoms with Crippen LogP contribution in [0.4, 0.5) is 0 Å². The van der Waals surface area contributed by atoms with Crippen LogP contribution in [0.25, 0.3) is 104 Å². The van der Waals surface area contributed by atoms with Crippen molar-refractivity contribution in [3.63, 3.8) is 0 Å². The molecule has 0 aliphatic carbocycles. The summed E-state index contributed by atoms with van der Waals surface area (Å²) in [6.07, 6.45) is 0. The highest BCUT2D eigenvalue weighted by atomic mass is 32.1. The van der Waals surface area contributed by atoms with E-state index >= 15 is 0 Å². The lowest BCUT2D eigenvalue weighted by Gasteiger charge is -2.12. The van der Waals surface area contributed by atoms with Crippen molar-refractivity contribution in [3.05, 3.63) is 200 Å². The Labute approximate surface area is 328 Å². The van der Waals surface area contributed by atoms with Gasteiger partial charge in [-0.2, -0.15) is 0 Å². The maximum Gasteiger partial charge on any atom is 0.162 e. The molecule has 0 saturated carbocycles. The molecule has 0 fully saturated rings. The van der Waals surface area contributed by atoms with Crippen molar-refractivity contribution in [2.45, 2.75) is 0 Å². The summed E-state index contributed by atoms with van der Waals surface area (Å²) in [5.41, 5.74) is 13.0. The van der Waals surface area contributed by atoms with Crippen LogP contribution in [0.1, 0.15) is 0 Å². The van der Waals surface area contributed by atoms with Crippen LogP contribution in [0.2, 0.25) is 0 Å². The van der Waals surface area contributed by atoms with Gasteiger partial charge in [0, 0.05) is 42.4 Å². The second kappa shape index (κ2) is 13.3. The second-order valence-corrected chi connectivity index (χ2v) is 15.2. The lowest BCUT2D eigenvalue weighted by Crippen LogP contribution is -1.99. The van der Waals surface area contributed by atoms with Crippen LogP contribution in [0.3, 0.4) is 0 Å². The first-order valence-corrected chi connectivity index (χ1v) is 19.7. The minimum atomic E-state index is 0.689. The largest absolute Gasteiger partial charge is 0.294 e. The minimum absolute atomic E-state index is 0.689. The Bertz CT molecular complexity index is 3250. The molecule has 0 unspecified atom stereocenters. The van der Waals surface area contributed by atoms with E-state index in [9.17, 15) is 0 Å². The van der Waals surface area contributed by atoms with E-state index in [-0.39, 0.29) is 0 Å². The third kappa shape index (κ3) is 5.42. The topological polar surface area (TPSA) is 30.7 Å². The zero-order valence-corrected chi connectivity index (χ0v) is 31.1. The van der Waals surface area contributed by atoms with Gasteiger partial charge in [-0.1, -0.05) is 158 Å². The lowest BCUT2D eigenvalue weighted by atomic mass is 9.96. The van der Waals surface area contributed by atoms with E-state index in [0.717, 1.165) is 61.1 Å². The molecule has 0 radical (unpaired) electrons. The van der Waals surface area contributed by atoms with Gasteiger partial charge in [-0.05, 0) is 75.8 Å². The van der Waals surface area contributed by atoms with E-state index in [4.69, 9.17) is 9.97 Å². The highest BCUT2D eigenvalue weighted by molar-refractivity contribution is 7.26. The number of rotatable bonds is 6. The molecular weight excluding hydrogens is 699 g/mol. The molecule has 4 heteroatoms. The van der Waals surface area contributed by atoms with Crippen LogP contribution >= 0.6 is 11.3 Å². The Kier molecular flexibility index (Phi) is 7.68. The summed E-state index contributed by atoms with van der Waals surface area (Å²) < 4.78 is 4.88. The molecule has 0 N–H and O–H groups in total. The van der Waals surface area contributed by atoms with E-state index in [0.29, 0.717) is 5.82 Å². The number of fused-ring (bicyclic) bond motifs is 6. The Morgan fingerprint density at radius 1 is 0.393 bits per heavy atom. The van der Waals surface area contributed by atoms with Crippen molar-refractivity contribution >= 4 is 53.4 Å². The minimum Gasteiger partial charge on any atom is -0.294 e. The van der Waals surface area contributed by atoms with Crippen LogP contribution in [0, 0.1) is 0 Å². The van der Waals surface area contributed by atoms with Gasteiger partial charge in [0.2, 0.25) is 0 Å². The van der Waals surface area contributed by atoms with E-state index in [1.54, 1.807) is 0 Å². The molecule has 0 aliphatic heterocycles. The summed E-state index contributed by atoms with van der Waals surface area (Å²) in [4.78, 5) is 11.0. The van der Waals surface area contributed by atoms with Gasteiger partial charge < -0.3 is 0 Å². The summed E-state index contributed by atoms with van der Waals surface area (Å²) in [5.74, 6) is 0.689. The van der Waals surface area contributed by atoms with E-state index in [2.05, 4.69) is 205 Å². The Morgan fingerprint density at radius 3 is 1.75 bits per heavy atom. The molecule has 3 aromatic heterocycles. The smallest absolute Gasteiger partial charge is 0.162 e. The normalized spacial score (nSPS) is 11.6. The molecule has 0 amide bonds. The molecule has 11 aromatic rings. The van der Waals surface area contributed by atoms with Gasteiger partial charge in [-0.25, -0.2) is 9.97 Å². The summed E-state index contributed by atoms with van der Waals surface area (Å²) in [7, 11) is 0. The molecule has 56 heavy (non-hydrogen) atoms. The van der Waals surface area contributed by atoms with Gasteiger partial charge in [0.1, 0.15) is 5.65 Å². The molecule has 262 valence electrons. The molecule has 0 aliphatic rings. The summed E-state index contributed by atoms with van der Waals surface area (Å²) >= 11 is 1.85. The van der Waals surface area contributed by atoms with Crippen LogP contribution in [-0.4, -0.2) is 14.5 Å². The first kappa shape index (κ1) is 32.3. The first-order valence-electron chi connectivity index (χ1n) is 18.9. The zero-order chi connectivity index (χ0) is 37.0. The number of para-hydroxylation sites is 2. The fraction of sp³-hybridized carbons (Fsp3) is 0. The number of aromatic nitrogens is 3. The van der Waals surface area contributed by atoms with Gasteiger partial charge in [-0.15, -0.1) is 11.3 Å². The van der Waals surface area contributed by atoms with Crippen LogP contribution in [0.5, 0.6) is 0 Å². The first-order chi connectivity index (χ1) is 27.8. The van der Waals surface area contributed by atoms with Crippen molar-refractivity contribution in [2.24, 2.45) is 0 Å². The molecule has 0 saturated heterocycles. The van der Waals surface area contributed by atoms with Gasteiger partial charge in [0.05, 0.1) is 16.6 Å². The van der Waals surface area contributed by atoms with Gasteiger partial charge in [0.25, 0.3) is 0 Å². The monoisotopic (exact) mass is 731 g/mol. The Hall–Kier alpha value is -7.14. The third-order valence-electron chi connectivity index (χ3n) is 10.8. The molecule has 3 heterocycles. The number of nitrogens with zero attached hydrogens (tertiary/aromatic N) is 3. The zero-order valence-electron chi connectivity index (χ0n) is 30.3.